The van der Waals surface area contributed by atoms with E-state index in [4.69, 9.17) is 10.6 Å². The van der Waals surface area contributed by atoms with Crippen molar-refractivity contribution in [3.63, 3.8) is 0 Å². The standard InChI is InChI=1S/C12H17BrN2O2/c1-15-7-10(8-15)17-12-3-2-9(4-5-16-14)6-11(12)13/h2-3,6,10H,4-5,7-8,14H2,1H3. The minimum absolute atomic E-state index is 0.314. The average molecular weight is 301 g/mol. The Kier molecular flexibility index (Phi) is 4.39. The second-order valence-corrected chi connectivity index (χ2v) is 5.20. The number of benzene rings is 1. The van der Waals surface area contributed by atoms with Crippen LogP contribution in [0.25, 0.3) is 0 Å². The molecule has 0 radical (unpaired) electrons. The van der Waals surface area contributed by atoms with Gasteiger partial charge >= 0.3 is 0 Å². The van der Waals surface area contributed by atoms with Crippen molar-refractivity contribution in [3.8, 4) is 5.75 Å². The summed E-state index contributed by atoms with van der Waals surface area (Å²) < 4.78 is 6.85. The number of rotatable bonds is 5. The first-order valence-corrected chi connectivity index (χ1v) is 6.43. The molecular weight excluding hydrogens is 284 g/mol. The van der Waals surface area contributed by atoms with E-state index in [0.717, 1.165) is 29.7 Å². The summed E-state index contributed by atoms with van der Waals surface area (Å²) in [6, 6.07) is 6.09. The van der Waals surface area contributed by atoms with Crippen molar-refractivity contribution in [3.05, 3.63) is 28.2 Å². The van der Waals surface area contributed by atoms with Crippen molar-refractivity contribution in [1.82, 2.24) is 4.90 Å². The fourth-order valence-corrected chi connectivity index (χ4v) is 2.39. The van der Waals surface area contributed by atoms with Crippen LogP contribution in [0.5, 0.6) is 5.75 Å². The van der Waals surface area contributed by atoms with Gasteiger partial charge in [0.05, 0.1) is 11.1 Å². The molecule has 0 saturated carbocycles. The Hall–Kier alpha value is -0.620. The van der Waals surface area contributed by atoms with Crippen molar-refractivity contribution < 1.29 is 9.57 Å². The molecule has 4 nitrogen and oxygen atoms in total. The molecule has 1 fully saturated rings. The molecule has 0 atom stereocenters. The van der Waals surface area contributed by atoms with Gasteiger partial charge < -0.3 is 9.57 Å². The normalized spacial score (nSPS) is 16.9. The lowest BCUT2D eigenvalue weighted by molar-refractivity contribution is 0.0383. The van der Waals surface area contributed by atoms with E-state index in [9.17, 15) is 0 Å². The molecule has 2 rings (SSSR count). The Balaban J connectivity index is 1.94. The Bertz CT molecular complexity index is 381. The summed E-state index contributed by atoms with van der Waals surface area (Å²) in [6.45, 7) is 2.52. The molecule has 0 spiro atoms. The Labute approximate surface area is 110 Å². The summed E-state index contributed by atoms with van der Waals surface area (Å²) in [5.74, 6) is 5.91. The second-order valence-electron chi connectivity index (χ2n) is 4.35. The third-order valence-corrected chi connectivity index (χ3v) is 3.45. The molecule has 0 aliphatic carbocycles. The summed E-state index contributed by atoms with van der Waals surface area (Å²) in [6.07, 6.45) is 1.12. The number of halogens is 1. The molecule has 2 N–H and O–H groups in total. The molecule has 1 aromatic carbocycles. The zero-order valence-corrected chi connectivity index (χ0v) is 11.4. The number of nitrogens with two attached hydrogens (primary N) is 1. The van der Waals surface area contributed by atoms with Crippen molar-refractivity contribution in [2.45, 2.75) is 12.5 Å². The summed E-state index contributed by atoms with van der Waals surface area (Å²) in [5.41, 5.74) is 1.18. The van der Waals surface area contributed by atoms with E-state index in [-0.39, 0.29) is 0 Å². The largest absolute Gasteiger partial charge is 0.487 e. The first-order valence-electron chi connectivity index (χ1n) is 5.64. The Morgan fingerprint density at radius 3 is 2.82 bits per heavy atom. The van der Waals surface area contributed by atoms with E-state index in [1.54, 1.807) is 0 Å². The Morgan fingerprint density at radius 2 is 2.24 bits per heavy atom. The van der Waals surface area contributed by atoms with Crippen LogP contribution in [0.15, 0.2) is 22.7 Å². The molecule has 1 aliphatic heterocycles. The third-order valence-electron chi connectivity index (χ3n) is 2.83. The SMILES string of the molecule is CN1CC(Oc2ccc(CCON)cc2Br)C1. The maximum atomic E-state index is 5.87. The first-order chi connectivity index (χ1) is 8.19. The fourth-order valence-electron chi connectivity index (χ4n) is 1.87. The van der Waals surface area contributed by atoms with Gasteiger partial charge in [-0.05, 0) is 47.1 Å². The highest BCUT2D eigenvalue weighted by Crippen LogP contribution is 2.28. The molecule has 0 amide bonds. The van der Waals surface area contributed by atoms with Crippen LogP contribution in [0, 0.1) is 0 Å². The number of likely N-dealkylation sites (tertiary alicyclic amines) is 1. The fraction of sp³-hybridized carbons (Fsp3) is 0.500. The number of nitrogens with zero attached hydrogens (tertiary/aromatic N) is 1. The third kappa shape index (κ3) is 3.42. The van der Waals surface area contributed by atoms with Crippen LogP contribution in [-0.4, -0.2) is 37.7 Å². The van der Waals surface area contributed by atoms with Gasteiger partial charge in [0.2, 0.25) is 0 Å². The molecule has 0 bridgehead atoms. The predicted molar refractivity (Wildman–Crippen MR) is 69.9 cm³/mol. The topological polar surface area (TPSA) is 47.7 Å². The maximum absolute atomic E-state index is 5.87. The minimum atomic E-state index is 0.314. The van der Waals surface area contributed by atoms with Gasteiger partial charge in [0.25, 0.3) is 0 Å². The molecule has 1 aromatic rings. The molecule has 5 heteroatoms. The predicted octanol–water partition coefficient (Wildman–Crippen LogP) is 1.57. The van der Waals surface area contributed by atoms with E-state index < -0.39 is 0 Å². The van der Waals surface area contributed by atoms with Gasteiger partial charge in [-0.2, -0.15) is 0 Å². The van der Waals surface area contributed by atoms with Gasteiger partial charge in [-0.25, -0.2) is 5.90 Å². The zero-order valence-electron chi connectivity index (χ0n) is 9.86. The van der Waals surface area contributed by atoms with E-state index in [0.29, 0.717) is 12.7 Å². The zero-order chi connectivity index (χ0) is 12.3. The van der Waals surface area contributed by atoms with Gasteiger partial charge in [0.1, 0.15) is 11.9 Å². The number of hydrogen-bond acceptors (Lipinski definition) is 4. The lowest BCUT2D eigenvalue weighted by Gasteiger charge is -2.36. The van der Waals surface area contributed by atoms with E-state index in [1.165, 1.54) is 5.56 Å². The lowest BCUT2D eigenvalue weighted by atomic mass is 10.1. The highest BCUT2D eigenvalue weighted by atomic mass is 79.9. The first kappa shape index (κ1) is 12.8. The molecule has 0 unspecified atom stereocenters. The van der Waals surface area contributed by atoms with Gasteiger partial charge in [-0.1, -0.05) is 6.07 Å². The summed E-state index contributed by atoms with van der Waals surface area (Å²) in [4.78, 5) is 6.79. The molecule has 17 heavy (non-hydrogen) atoms. The highest BCUT2D eigenvalue weighted by Gasteiger charge is 2.25. The molecule has 94 valence electrons. The maximum Gasteiger partial charge on any atom is 0.134 e. The van der Waals surface area contributed by atoms with Gasteiger partial charge in [0, 0.05) is 13.1 Å². The van der Waals surface area contributed by atoms with Crippen molar-refractivity contribution in [1.29, 1.82) is 0 Å². The molecule has 1 saturated heterocycles. The van der Waals surface area contributed by atoms with Crippen LogP contribution in [-0.2, 0) is 11.3 Å². The van der Waals surface area contributed by atoms with Crippen molar-refractivity contribution in [2.24, 2.45) is 5.90 Å². The second kappa shape index (κ2) is 5.82. The van der Waals surface area contributed by atoms with Gasteiger partial charge in [-0.3, -0.25) is 4.90 Å². The molecule has 0 aromatic heterocycles. The van der Waals surface area contributed by atoms with Crippen LogP contribution in [0.2, 0.25) is 0 Å². The minimum Gasteiger partial charge on any atom is -0.487 e. The molecule has 1 heterocycles. The van der Waals surface area contributed by atoms with E-state index in [1.807, 2.05) is 12.1 Å². The molecule has 1 aliphatic rings. The summed E-state index contributed by atoms with van der Waals surface area (Å²) in [5, 5.41) is 0. The van der Waals surface area contributed by atoms with Crippen LogP contribution in [0.1, 0.15) is 5.56 Å². The van der Waals surface area contributed by atoms with E-state index in [2.05, 4.69) is 38.8 Å². The number of likely N-dealkylation sites (N-methyl/N-ethyl adjacent to an activating group) is 1. The van der Waals surface area contributed by atoms with Crippen LogP contribution in [0.3, 0.4) is 0 Å². The summed E-state index contributed by atoms with van der Waals surface area (Å²) in [7, 11) is 2.09. The number of ether oxygens (including phenoxy) is 1. The quantitative estimate of drug-likeness (QED) is 0.839. The lowest BCUT2D eigenvalue weighted by Crippen LogP contribution is -2.51. The van der Waals surface area contributed by atoms with Gasteiger partial charge in [-0.15, -0.1) is 0 Å². The van der Waals surface area contributed by atoms with Crippen LogP contribution < -0.4 is 10.6 Å². The smallest absolute Gasteiger partial charge is 0.134 e. The number of hydrogen-bond donors (Lipinski definition) is 1. The van der Waals surface area contributed by atoms with E-state index >= 15 is 0 Å². The highest BCUT2D eigenvalue weighted by molar-refractivity contribution is 9.10. The molecular formula is C12H17BrN2O2. The monoisotopic (exact) mass is 300 g/mol. The van der Waals surface area contributed by atoms with Gasteiger partial charge in [0.15, 0.2) is 0 Å². The van der Waals surface area contributed by atoms with Crippen molar-refractivity contribution in [2.75, 3.05) is 26.7 Å². The van der Waals surface area contributed by atoms with Crippen LogP contribution >= 0.6 is 15.9 Å². The summed E-state index contributed by atoms with van der Waals surface area (Å²) >= 11 is 3.53. The average Bonchev–Trinajstić information content (AvgIpc) is 2.27. The van der Waals surface area contributed by atoms with Crippen LogP contribution in [0.4, 0.5) is 0 Å². The van der Waals surface area contributed by atoms with Crippen molar-refractivity contribution >= 4 is 15.9 Å². The Morgan fingerprint density at radius 1 is 1.47 bits per heavy atom.